The number of nitrogens with zero attached hydrogens (tertiary/aromatic N) is 2. The van der Waals surface area contributed by atoms with Gasteiger partial charge in [-0.3, -0.25) is 0 Å². The summed E-state index contributed by atoms with van der Waals surface area (Å²) in [7, 11) is 0. The van der Waals surface area contributed by atoms with E-state index in [1.54, 1.807) is 6.07 Å². The van der Waals surface area contributed by atoms with Crippen molar-refractivity contribution >= 4 is 38.6 Å². The Morgan fingerprint density at radius 1 is 1.47 bits per heavy atom. The Hall–Kier alpha value is -0.610. The van der Waals surface area contributed by atoms with Crippen LogP contribution >= 0.6 is 27.5 Å². The molecule has 0 aliphatic heterocycles. The van der Waals surface area contributed by atoms with Gasteiger partial charge in [-0.25, -0.2) is 9.37 Å². The van der Waals surface area contributed by atoms with Crippen molar-refractivity contribution < 1.29 is 4.39 Å². The van der Waals surface area contributed by atoms with Gasteiger partial charge in [-0.2, -0.15) is 0 Å². The van der Waals surface area contributed by atoms with Gasteiger partial charge in [-0.15, -0.1) is 11.6 Å². The SMILES string of the molecule is Fc1cc2nc(CCl)n(C3CCC3)c2cc1Br. The van der Waals surface area contributed by atoms with Crippen LogP contribution in [0.5, 0.6) is 0 Å². The lowest BCUT2D eigenvalue weighted by Crippen LogP contribution is -2.18. The van der Waals surface area contributed by atoms with Crippen LogP contribution in [0.25, 0.3) is 11.0 Å². The molecule has 0 N–H and O–H groups in total. The Morgan fingerprint density at radius 3 is 2.82 bits per heavy atom. The first-order valence-corrected chi connectivity index (χ1v) is 6.95. The van der Waals surface area contributed by atoms with Gasteiger partial charge in [0, 0.05) is 12.1 Å². The molecule has 90 valence electrons. The van der Waals surface area contributed by atoms with E-state index >= 15 is 0 Å². The summed E-state index contributed by atoms with van der Waals surface area (Å²) in [5.41, 5.74) is 1.66. The average Bonchev–Trinajstić information content (AvgIpc) is 2.56. The summed E-state index contributed by atoms with van der Waals surface area (Å²) in [4.78, 5) is 4.41. The minimum absolute atomic E-state index is 0.281. The van der Waals surface area contributed by atoms with E-state index in [9.17, 15) is 4.39 Å². The van der Waals surface area contributed by atoms with E-state index in [-0.39, 0.29) is 5.82 Å². The quantitative estimate of drug-likeness (QED) is 0.751. The standard InChI is InChI=1S/C12H11BrClFN2/c13-8-4-11-10(5-9(8)15)16-12(6-14)17(11)7-2-1-3-7/h4-5,7H,1-3,6H2. The molecular weight excluding hydrogens is 307 g/mol. The fraction of sp³-hybridized carbons (Fsp3) is 0.417. The molecule has 0 spiro atoms. The molecule has 1 saturated carbocycles. The molecule has 1 aliphatic carbocycles. The number of alkyl halides is 1. The molecule has 2 aromatic rings. The van der Waals surface area contributed by atoms with Gasteiger partial charge in [-0.05, 0) is 41.3 Å². The molecule has 5 heteroatoms. The lowest BCUT2D eigenvalue weighted by Gasteiger charge is -2.28. The second-order valence-corrected chi connectivity index (χ2v) is 5.49. The molecule has 0 bridgehead atoms. The third-order valence-electron chi connectivity index (χ3n) is 3.36. The Morgan fingerprint density at radius 2 is 2.24 bits per heavy atom. The number of fused-ring (bicyclic) bond motifs is 1. The van der Waals surface area contributed by atoms with Gasteiger partial charge >= 0.3 is 0 Å². The molecule has 2 nitrogen and oxygen atoms in total. The van der Waals surface area contributed by atoms with Crippen molar-refractivity contribution in [2.75, 3.05) is 0 Å². The molecule has 0 radical (unpaired) electrons. The van der Waals surface area contributed by atoms with E-state index in [2.05, 4.69) is 25.5 Å². The van der Waals surface area contributed by atoms with Crippen LogP contribution in [0.1, 0.15) is 31.1 Å². The lowest BCUT2D eigenvalue weighted by atomic mass is 9.92. The van der Waals surface area contributed by atoms with Crippen LogP contribution in [-0.4, -0.2) is 9.55 Å². The van der Waals surface area contributed by atoms with E-state index in [4.69, 9.17) is 11.6 Å². The van der Waals surface area contributed by atoms with Gasteiger partial charge in [0.15, 0.2) is 0 Å². The van der Waals surface area contributed by atoms with Crippen molar-refractivity contribution in [3.63, 3.8) is 0 Å². The molecular formula is C12H11BrClFN2. The van der Waals surface area contributed by atoms with Gasteiger partial charge < -0.3 is 4.57 Å². The highest BCUT2D eigenvalue weighted by Gasteiger charge is 2.24. The Balaban J connectivity index is 2.25. The predicted octanol–water partition coefficient (Wildman–Crippen LogP) is 4.40. The summed E-state index contributed by atoms with van der Waals surface area (Å²) in [6.07, 6.45) is 3.56. The Kier molecular flexibility index (Phi) is 2.87. The molecule has 0 amide bonds. The highest BCUT2D eigenvalue weighted by molar-refractivity contribution is 9.10. The van der Waals surface area contributed by atoms with E-state index in [0.29, 0.717) is 21.9 Å². The maximum atomic E-state index is 13.5. The average molecular weight is 318 g/mol. The Bertz CT molecular complexity index is 577. The van der Waals surface area contributed by atoms with E-state index in [1.165, 1.54) is 12.5 Å². The molecule has 1 fully saturated rings. The van der Waals surface area contributed by atoms with Gasteiger partial charge in [0.25, 0.3) is 0 Å². The summed E-state index contributed by atoms with van der Waals surface area (Å²) in [5, 5.41) is 0. The van der Waals surface area contributed by atoms with E-state index in [1.807, 2.05) is 0 Å². The second kappa shape index (κ2) is 4.25. The topological polar surface area (TPSA) is 17.8 Å². The fourth-order valence-electron chi connectivity index (χ4n) is 2.29. The molecule has 0 unspecified atom stereocenters. The number of aromatic nitrogens is 2. The maximum absolute atomic E-state index is 13.5. The van der Waals surface area contributed by atoms with E-state index < -0.39 is 0 Å². The number of benzene rings is 1. The molecule has 1 aromatic heterocycles. The normalized spacial score (nSPS) is 16.4. The first kappa shape index (κ1) is 11.5. The molecule has 0 atom stereocenters. The van der Waals surface area contributed by atoms with Crippen molar-refractivity contribution in [1.82, 2.24) is 9.55 Å². The van der Waals surface area contributed by atoms with Crippen LogP contribution in [0, 0.1) is 5.82 Å². The summed E-state index contributed by atoms with van der Waals surface area (Å²) in [6, 6.07) is 3.74. The predicted molar refractivity (Wildman–Crippen MR) is 69.8 cm³/mol. The maximum Gasteiger partial charge on any atom is 0.139 e. The van der Waals surface area contributed by atoms with Crippen molar-refractivity contribution in [2.45, 2.75) is 31.2 Å². The largest absolute Gasteiger partial charge is 0.324 e. The first-order valence-electron chi connectivity index (χ1n) is 5.62. The van der Waals surface area contributed by atoms with Gasteiger partial charge in [0.05, 0.1) is 21.4 Å². The van der Waals surface area contributed by atoms with Crippen LogP contribution in [-0.2, 0) is 5.88 Å². The van der Waals surface area contributed by atoms with Gasteiger partial charge in [0.1, 0.15) is 11.6 Å². The fourth-order valence-corrected chi connectivity index (χ4v) is 2.81. The Labute approximate surface area is 112 Å². The first-order chi connectivity index (χ1) is 8.20. The number of halogens is 3. The summed E-state index contributed by atoms with van der Waals surface area (Å²) in [6.45, 7) is 0. The zero-order valence-electron chi connectivity index (χ0n) is 9.09. The molecule has 1 heterocycles. The second-order valence-electron chi connectivity index (χ2n) is 4.37. The highest BCUT2D eigenvalue weighted by atomic mass is 79.9. The summed E-state index contributed by atoms with van der Waals surface area (Å²) in [5.74, 6) is 0.922. The smallest absolute Gasteiger partial charge is 0.139 e. The molecule has 1 aliphatic rings. The van der Waals surface area contributed by atoms with Crippen LogP contribution in [0.2, 0.25) is 0 Å². The van der Waals surface area contributed by atoms with Crippen molar-refractivity contribution in [3.05, 3.63) is 28.2 Å². The van der Waals surface area contributed by atoms with Crippen LogP contribution < -0.4 is 0 Å². The minimum atomic E-state index is -0.281. The number of imidazole rings is 1. The van der Waals surface area contributed by atoms with Crippen molar-refractivity contribution in [2.24, 2.45) is 0 Å². The zero-order chi connectivity index (χ0) is 12.0. The minimum Gasteiger partial charge on any atom is -0.324 e. The monoisotopic (exact) mass is 316 g/mol. The van der Waals surface area contributed by atoms with Gasteiger partial charge in [0.2, 0.25) is 0 Å². The molecule has 1 aromatic carbocycles. The van der Waals surface area contributed by atoms with Crippen molar-refractivity contribution in [1.29, 1.82) is 0 Å². The number of hydrogen-bond donors (Lipinski definition) is 0. The lowest BCUT2D eigenvalue weighted by molar-refractivity contribution is 0.315. The van der Waals surface area contributed by atoms with Gasteiger partial charge in [-0.1, -0.05) is 0 Å². The highest BCUT2D eigenvalue weighted by Crippen LogP contribution is 2.36. The van der Waals surface area contributed by atoms with E-state index in [0.717, 1.165) is 24.2 Å². The third kappa shape index (κ3) is 1.78. The van der Waals surface area contributed by atoms with Crippen LogP contribution in [0.3, 0.4) is 0 Å². The third-order valence-corrected chi connectivity index (χ3v) is 4.21. The summed E-state index contributed by atoms with van der Waals surface area (Å²) >= 11 is 9.14. The zero-order valence-corrected chi connectivity index (χ0v) is 11.4. The molecule has 17 heavy (non-hydrogen) atoms. The van der Waals surface area contributed by atoms with Crippen LogP contribution in [0.15, 0.2) is 16.6 Å². The molecule has 3 rings (SSSR count). The van der Waals surface area contributed by atoms with Crippen LogP contribution in [0.4, 0.5) is 4.39 Å². The van der Waals surface area contributed by atoms with Crippen molar-refractivity contribution in [3.8, 4) is 0 Å². The molecule has 0 saturated heterocycles. The number of hydrogen-bond acceptors (Lipinski definition) is 1. The summed E-state index contributed by atoms with van der Waals surface area (Å²) < 4.78 is 16.1. The number of rotatable bonds is 2.